The molecule has 3 heteroatoms. The van der Waals surface area contributed by atoms with Gasteiger partial charge in [0.2, 0.25) is 0 Å². The first kappa shape index (κ1) is 14.0. The van der Waals surface area contributed by atoms with Crippen LogP contribution in [0.25, 0.3) is 0 Å². The number of aliphatic hydroxyl groups excluding tert-OH is 1. The molecule has 0 radical (unpaired) electrons. The summed E-state index contributed by atoms with van der Waals surface area (Å²) in [6.45, 7) is 6.21. The highest BCUT2D eigenvalue weighted by atomic mass is 16.5. The third-order valence-corrected chi connectivity index (χ3v) is 2.90. The summed E-state index contributed by atoms with van der Waals surface area (Å²) in [7, 11) is 1.69. The molecule has 0 aliphatic carbocycles. The summed E-state index contributed by atoms with van der Waals surface area (Å²) in [6.07, 6.45) is 0.811. The standard InChI is InChI=1S/C14H23NO2/c1-14(2,8-9-16)11-15-10-12-6-4-5-7-13(12)17-3/h4-7,15-16H,8-11H2,1-3H3. The van der Waals surface area contributed by atoms with Crippen LogP contribution in [0.1, 0.15) is 25.8 Å². The summed E-state index contributed by atoms with van der Waals surface area (Å²) in [5.41, 5.74) is 1.28. The molecule has 0 atom stereocenters. The van der Waals surface area contributed by atoms with Crippen molar-refractivity contribution in [2.45, 2.75) is 26.8 Å². The summed E-state index contributed by atoms with van der Waals surface area (Å²) in [4.78, 5) is 0. The second-order valence-corrected chi connectivity index (χ2v) is 5.05. The van der Waals surface area contributed by atoms with Crippen LogP contribution in [0.4, 0.5) is 0 Å². The average molecular weight is 237 g/mol. The average Bonchev–Trinajstić information content (AvgIpc) is 2.29. The Labute approximate surface area is 104 Å². The fraction of sp³-hybridized carbons (Fsp3) is 0.571. The van der Waals surface area contributed by atoms with Crippen LogP contribution in [0.2, 0.25) is 0 Å². The number of aliphatic hydroxyl groups is 1. The van der Waals surface area contributed by atoms with Crippen LogP contribution in [0.5, 0.6) is 5.75 Å². The van der Waals surface area contributed by atoms with Crippen LogP contribution in [-0.4, -0.2) is 25.4 Å². The second kappa shape index (κ2) is 6.62. The predicted octanol–water partition coefficient (Wildman–Crippen LogP) is 2.19. The Bertz CT molecular complexity index is 337. The number of ether oxygens (including phenoxy) is 1. The lowest BCUT2D eigenvalue weighted by Gasteiger charge is -2.24. The minimum atomic E-state index is 0.122. The first-order valence-electron chi connectivity index (χ1n) is 6.02. The maximum absolute atomic E-state index is 8.95. The molecule has 0 saturated carbocycles. The maximum atomic E-state index is 8.95. The zero-order valence-corrected chi connectivity index (χ0v) is 11.0. The molecule has 2 N–H and O–H groups in total. The molecule has 0 spiro atoms. The van der Waals surface area contributed by atoms with Crippen LogP contribution in [0.3, 0.4) is 0 Å². The Kier molecular flexibility index (Phi) is 5.45. The lowest BCUT2D eigenvalue weighted by atomic mass is 9.90. The molecule has 0 bridgehead atoms. The Balaban J connectivity index is 2.45. The molecule has 0 aliphatic rings. The highest BCUT2D eigenvalue weighted by Gasteiger charge is 2.16. The van der Waals surface area contributed by atoms with Crippen molar-refractivity contribution in [3.05, 3.63) is 29.8 Å². The lowest BCUT2D eigenvalue weighted by molar-refractivity contribution is 0.207. The van der Waals surface area contributed by atoms with E-state index >= 15 is 0 Å². The number of methoxy groups -OCH3 is 1. The van der Waals surface area contributed by atoms with Gasteiger partial charge in [-0.2, -0.15) is 0 Å². The summed E-state index contributed by atoms with van der Waals surface area (Å²) in [6, 6.07) is 8.01. The lowest BCUT2D eigenvalue weighted by Crippen LogP contribution is -2.30. The van der Waals surface area contributed by atoms with Gasteiger partial charge in [-0.3, -0.25) is 0 Å². The number of hydrogen-bond acceptors (Lipinski definition) is 3. The molecule has 0 aliphatic heterocycles. The molecular weight excluding hydrogens is 214 g/mol. The maximum Gasteiger partial charge on any atom is 0.123 e. The molecule has 3 nitrogen and oxygen atoms in total. The summed E-state index contributed by atoms with van der Waals surface area (Å²) in [5, 5.41) is 12.4. The Morgan fingerprint density at radius 3 is 2.65 bits per heavy atom. The number of nitrogens with one attached hydrogen (secondary N) is 1. The van der Waals surface area contributed by atoms with Gasteiger partial charge in [0.15, 0.2) is 0 Å². The van der Waals surface area contributed by atoms with E-state index in [1.165, 1.54) is 0 Å². The number of hydrogen-bond donors (Lipinski definition) is 2. The molecule has 1 aromatic carbocycles. The predicted molar refractivity (Wildman–Crippen MR) is 70.2 cm³/mol. The van der Waals surface area contributed by atoms with E-state index < -0.39 is 0 Å². The monoisotopic (exact) mass is 237 g/mol. The minimum Gasteiger partial charge on any atom is -0.496 e. The molecule has 17 heavy (non-hydrogen) atoms. The van der Waals surface area contributed by atoms with E-state index in [9.17, 15) is 0 Å². The Morgan fingerprint density at radius 2 is 2.00 bits per heavy atom. The van der Waals surface area contributed by atoms with Crippen molar-refractivity contribution in [2.24, 2.45) is 5.41 Å². The Hall–Kier alpha value is -1.06. The largest absolute Gasteiger partial charge is 0.496 e. The van der Waals surface area contributed by atoms with Crippen LogP contribution in [0.15, 0.2) is 24.3 Å². The molecule has 1 aromatic rings. The zero-order chi connectivity index (χ0) is 12.7. The smallest absolute Gasteiger partial charge is 0.123 e. The molecule has 96 valence electrons. The van der Waals surface area contributed by atoms with Crippen molar-refractivity contribution in [3.63, 3.8) is 0 Å². The van der Waals surface area contributed by atoms with Gasteiger partial charge in [-0.1, -0.05) is 32.0 Å². The minimum absolute atomic E-state index is 0.122. The van der Waals surface area contributed by atoms with Crippen LogP contribution < -0.4 is 10.1 Å². The fourth-order valence-corrected chi connectivity index (χ4v) is 1.78. The van der Waals surface area contributed by atoms with Gasteiger partial charge in [-0.25, -0.2) is 0 Å². The van der Waals surface area contributed by atoms with Crippen LogP contribution in [-0.2, 0) is 6.54 Å². The first-order valence-corrected chi connectivity index (χ1v) is 6.02. The topological polar surface area (TPSA) is 41.5 Å². The van der Waals surface area contributed by atoms with E-state index in [-0.39, 0.29) is 12.0 Å². The van der Waals surface area contributed by atoms with Crippen molar-refractivity contribution in [3.8, 4) is 5.75 Å². The molecule has 0 aromatic heterocycles. The van der Waals surface area contributed by atoms with Gasteiger partial charge in [0.25, 0.3) is 0 Å². The van der Waals surface area contributed by atoms with Crippen molar-refractivity contribution >= 4 is 0 Å². The number of para-hydroxylation sites is 1. The van der Waals surface area contributed by atoms with Crippen LogP contribution >= 0.6 is 0 Å². The van der Waals surface area contributed by atoms with Gasteiger partial charge < -0.3 is 15.2 Å². The van der Waals surface area contributed by atoms with Gasteiger partial charge in [-0.15, -0.1) is 0 Å². The fourth-order valence-electron chi connectivity index (χ4n) is 1.78. The third kappa shape index (κ3) is 4.75. The SMILES string of the molecule is COc1ccccc1CNCC(C)(C)CCO. The molecule has 0 saturated heterocycles. The summed E-state index contributed by atoms with van der Waals surface area (Å²) >= 11 is 0. The molecular formula is C14H23NO2. The van der Waals surface area contributed by atoms with E-state index in [1.807, 2.05) is 18.2 Å². The van der Waals surface area contributed by atoms with E-state index in [0.717, 1.165) is 30.8 Å². The van der Waals surface area contributed by atoms with Crippen molar-refractivity contribution in [2.75, 3.05) is 20.3 Å². The van der Waals surface area contributed by atoms with Gasteiger partial charge >= 0.3 is 0 Å². The van der Waals surface area contributed by atoms with Gasteiger partial charge in [0.05, 0.1) is 7.11 Å². The molecule has 0 amide bonds. The van der Waals surface area contributed by atoms with Crippen molar-refractivity contribution in [1.82, 2.24) is 5.32 Å². The first-order chi connectivity index (χ1) is 8.09. The number of benzene rings is 1. The number of rotatable bonds is 7. The second-order valence-electron chi connectivity index (χ2n) is 5.05. The summed E-state index contributed by atoms with van der Waals surface area (Å²) in [5.74, 6) is 0.917. The molecule has 0 fully saturated rings. The highest BCUT2D eigenvalue weighted by molar-refractivity contribution is 5.32. The van der Waals surface area contributed by atoms with E-state index in [1.54, 1.807) is 7.11 Å². The third-order valence-electron chi connectivity index (χ3n) is 2.90. The molecule has 0 heterocycles. The van der Waals surface area contributed by atoms with Gasteiger partial charge in [-0.05, 0) is 17.9 Å². The highest BCUT2D eigenvalue weighted by Crippen LogP contribution is 2.20. The van der Waals surface area contributed by atoms with Crippen molar-refractivity contribution in [1.29, 1.82) is 0 Å². The van der Waals surface area contributed by atoms with E-state index in [0.29, 0.717) is 0 Å². The van der Waals surface area contributed by atoms with Crippen LogP contribution in [0, 0.1) is 5.41 Å². The normalized spacial score (nSPS) is 11.5. The van der Waals surface area contributed by atoms with Gasteiger partial charge in [0, 0.05) is 25.3 Å². The molecule has 1 rings (SSSR count). The Morgan fingerprint density at radius 1 is 1.29 bits per heavy atom. The quantitative estimate of drug-likeness (QED) is 0.764. The zero-order valence-electron chi connectivity index (χ0n) is 11.0. The van der Waals surface area contributed by atoms with Gasteiger partial charge in [0.1, 0.15) is 5.75 Å². The van der Waals surface area contributed by atoms with Crippen molar-refractivity contribution < 1.29 is 9.84 Å². The molecule has 0 unspecified atom stereocenters. The van der Waals surface area contributed by atoms with E-state index in [2.05, 4.69) is 25.2 Å². The summed E-state index contributed by atoms with van der Waals surface area (Å²) < 4.78 is 5.30. The van der Waals surface area contributed by atoms with E-state index in [4.69, 9.17) is 9.84 Å².